The first kappa shape index (κ1) is 32.5. The molecule has 198 valence electrons. The van der Waals surface area contributed by atoms with Gasteiger partial charge in [-0.3, -0.25) is 9.59 Å². The standard InChI is InChI=1S/C27H49NO5S/c1-20(2)9-6-10-21(3)11-7-12-22(4)13-8-14-23(5)17-18-27(19-34,26(32)33)28-24(29)15-16-25(30)31/h17,20-22,34H,6-16,18-19H2,1-5H3,(H,28,29)(H,30,31)(H,32,33)/b23-17+/t21?,22?,27-/m0/s1. The number of hydrogen-bond donors (Lipinski definition) is 4. The molecule has 2 unspecified atom stereocenters. The molecule has 1 amide bonds. The first-order valence-electron chi connectivity index (χ1n) is 12.9. The van der Waals surface area contributed by atoms with Crippen molar-refractivity contribution in [1.82, 2.24) is 5.32 Å². The molecule has 0 bridgehead atoms. The largest absolute Gasteiger partial charge is 0.481 e. The van der Waals surface area contributed by atoms with Crippen molar-refractivity contribution in [2.75, 3.05) is 5.75 Å². The lowest BCUT2D eigenvalue weighted by molar-refractivity contribution is -0.146. The second-order valence-corrected chi connectivity index (χ2v) is 10.9. The minimum absolute atomic E-state index is 0.0716. The summed E-state index contributed by atoms with van der Waals surface area (Å²) in [5.41, 5.74) is -0.433. The summed E-state index contributed by atoms with van der Waals surface area (Å²) in [5, 5.41) is 20.9. The zero-order valence-corrected chi connectivity index (χ0v) is 23.0. The number of thiol groups is 1. The molecule has 3 atom stereocenters. The van der Waals surface area contributed by atoms with Crippen LogP contribution >= 0.6 is 12.6 Å². The van der Waals surface area contributed by atoms with E-state index in [1.165, 1.54) is 38.5 Å². The van der Waals surface area contributed by atoms with Gasteiger partial charge in [-0.05, 0) is 37.5 Å². The molecular weight excluding hydrogens is 450 g/mol. The Balaban J connectivity index is 4.42. The molecule has 0 aromatic carbocycles. The van der Waals surface area contributed by atoms with Gasteiger partial charge in [0.2, 0.25) is 5.91 Å². The molecule has 0 aliphatic heterocycles. The number of hydrogen-bond acceptors (Lipinski definition) is 4. The van der Waals surface area contributed by atoms with Gasteiger partial charge in [0.25, 0.3) is 0 Å². The Labute approximate surface area is 212 Å². The highest BCUT2D eigenvalue weighted by atomic mass is 32.1. The number of amides is 1. The van der Waals surface area contributed by atoms with Gasteiger partial charge >= 0.3 is 11.9 Å². The number of allylic oxidation sites excluding steroid dienone is 1. The van der Waals surface area contributed by atoms with E-state index >= 15 is 0 Å². The average molecular weight is 500 g/mol. The monoisotopic (exact) mass is 499 g/mol. The Morgan fingerprint density at radius 1 is 0.853 bits per heavy atom. The number of aliphatic carboxylic acids is 2. The summed E-state index contributed by atoms with van der Waals surface area (Å²) in [4.78, 5) is 34.6. The van der Waals surface area contributed by atoms with E-state index in [4.69, 9.17) is 5.11 Å². The Bertz CT molecular complexity index is 649. The third-order valence-corrected chi connectivity index (χ3v) is 7.10. The fraction of sp³-hybridized carbons (Fsp3) is 0.815. The van der Waals surface area contributed by atoms with E-state index in [9.17, 15) is 19.5 Å². The van der Waals surface area contributed by atoms with E-state index < -0.39 is 23.4 Å². The van der Waals surface area contributed by atoms with Crippen molar-refractivity contribution in [2.45, 2.75) is 117 Å². The van der Waals surface area contributed by atoms with Gasteiger partial charge in [0.1, 0.15) is 5.54 Å². The molecule has 34 heavy (non-hydrogen) atoms. The van der Waals surface area contributed by atoms with Gasteiger partial charge < -0.3 is 15.5 Å². The van der Waals surface area contributed by atoms with Gasteiger partial charge in [0, 0.05) is 18.6 Å². The topological polar surface area (TPSA) is 104 Å². The van der Waals surface area contributed by atoms with E-state index in [0.717, 1.165) is 36.7 Å². The van der Waals surface area contributed by atoms with Gasteiger partial charge in [-0.25, -0.2) is 4.79 Å². The number of carboxylic acids is 2. The van der Waals surface area contributed by atoms with Gasteiger partial charge in [-0.1, -0.05) is 84.3 Å². The molecule has 6 nitrogen and oxygen atoms in total. The molecule has 0 saturated heterocycles. The highest BCUT2D eigenvalue weighted by Gasteiger charge is 2.37. The molecule has 3 N–H and O–H groups in total. The van der Waals surface area contributed by atoms with Crippen molar-refractivity contribution in [2.24, 2.45) is 17.8 Å². The lowest BCUT2D eigenvalue weighted by Crippen LogP contribution is -2.56. The SMILES string of the molecule is C/C(=C\C[C@@](CS)(NC(=O)CCC(=O)O)C(=O)O)CCCC(C)CCCC(C)CCCC(C)C. The normalized spacial score (nSPS) is 15.6. The highest BCUT2D eigenvalue weighted by Crippen LogP contribution is 2.23. The Morgan fingerprint density at radius 3 is 1.85 bits per heavy atom. The minimum Gasteiger partial charge on any atom is -0.481 e. The number of carboxylic acid groups (broad SMARTS) is 2. The number of carbonyl (C=O) groups is 3. The van der Waals surface area contributed by atoms with Crippen LogP contribution in [0.25, 0.3) is 0 Å². The van der Waals surface area contributed by atoms with Crippen molar-refractivity contribution in [3.63, 3.8) is 0 Å². The van der Waals surface area contributed by atoms with Gasteiger partial charge in [-0.2, -0.15) is 12.6 Å². The first-order chi connectivity index (χ1) is 15.9. The predicted octanol–water partition coefficient (Wildman–Crippen LogP) is 6.50. The molecule has 0 saturated carbocycles. The minimum atomic E-state index is -1.53. The summed E-state index contributed by atoms with van der Waals surface area (Å²) < 4.78 is 0. The molecule has 0 aliphatic rings. The van der Waals surface area contributed by atoms with Gasteiger partial charge in [-0.15, -0.1) is 0 Å². The molecule has 0 aliphatic carbocycles. The summed E-state index contributed by atoms with van der Waals surface area (Å²) in [6.07, 6.45) is 12.3. The van der Waals surface area contributed by atoms with Crippen LogP contribution < -0.4 is 5.32 Å². The van der Waals surface area contributed by atoms with E-state index in [1.807, 2.05) is 13.0 Å². The van der Waals surface area contributed by atoms with E-state index in [-0.39, 0.29) is 25.0 Å². The highest BCUT2D eigenvalue weighted by molar-refractivity contribution is 7.80. The van der Waals surface area contributed by atoms with Crippen LogP contribution in [0.15, 0.2) is 11.6 Å². The van der Waals surface area contributed by atoms with E-state index in [1.54, 1.807) is 0 Å². The van der Waals surface area contributed by atoms with Crippen molar-refractivity contribution >= 4 is 30.5 Å². The van der Waals surface area contributed by atoms with E-state index in [2.05, 4.69) is 45.6 Å². The fourth-order valence-corrected chi connectivity index (χ4v) is 4.41. The molecular formula is C27H49NO5S. The molecule has 0 fully saturated rings. The zero-order valence-electron chi connectivity index (χ0n) is 22.1. The molecule has 0 aromatic heterocycles. The smallest absolute Gasteiger partial charge is 0.330 e. The molecule has 0 rings (SSSR count). The zero-order chi connectivity index (χ0) is 26.1. The molecule has 0 heterocycles. The summed E-state index contributed by atoms with van der Waals surface area (Å²) >= 11 is 4.16. The molecule has 7 heteroatoms. The quantitative estimate of drug-likeness (QED) is 0.113. The third kappa shape index (κ3) is 15.4. The van der Waals surface area contributed by atoms with Crippen molar-refractivity contribution < 1.29 is 24.6 Å². The van der Waals surface area contributed by atoms with Crippen molar-refractivity contribution in [3.8, 4) is 0 Å². The second kappa shape index (κ2) is 17.9. The van der Waals surface area contributed by atoms with Crippen LogP contribution in [0.2, 0.25) is 0 Å². The Morgan fingerprint density at radius 2 is 1.38 bits per heavy atom. The van der Waals surface area contributed by atoms with Crippen LogP contribution in [0.5, 0.6) is 0 Å². The summed E-state index contributed by atoms with van der Waals surface area (Å²) in [5.74, 6) is -0.636. The molecule has 0 aromatic rings. The van der Waals surface area contributed by atoms with Crippen LogP contribution in [0, 0.1) is 17.8 Å². The number of carbonyl (C=O) groups excluding carboxylic acids is 1. The fourth-order valence-electron chi connectivity index (χ4n) is 4.07. The maximum absolute atomic E-state index is 12.0. The van der Waals surface area contributed by atoms with Crippen LogP contribution in [-0.4, -0.2) is 39.4 Å². The third-order valence-electron chi connectivity index (χ3n) is 6.56. The summed E-state index contributed by atoms with van der Waals surface area (Å²) in [7, 11) is 0. The van der Waals surface area contributed by atoms with E-state index in [0.29, 0.717) is 5.92 Å². The van der Waals surface area contributed by atoms with Crippen LogP contribution in [0.4, 0.5) is 0 Å². The molecule has 0 radical (unpaired) electrons. The lowest BCUT2D eigenvalue weighted by atomic mass is 9.91. The van der Waals surface area contributed by atoms with Gasteiger partial charge in [0.15, 0.2) is 0 Å². The first-order valence-corrected chi connectivity index (χ1v) is 13.6. The Hall–Kier alpha value is -1.50. The summed E-state index contributed by atoms with van der Waals surface area (Å²) in [6, 6.07) is 0. The van der Waals surface area contributed by atoms with Crippen LogP contribution in [0.3, 0.4) is 0 Å². The van der Waals surface area contributed by atoms with Crippen molar-refractivity contribution in [3.05, 3.63) is 11.6 Å². The van der Waals surface area contributed by atoms with Crippen LogP contribution in [-0.2, 0) is 14.4 Å². The maximum atomic E-state index is 12.0. The lowest BCUT2D eigenvalue weighted by Gasteiger charge is -2.28. The van der Waals surface area contributed by atoms with Crippen LogP contribution in [0.1, 0.15) is 112 Å². The maximum Gasteiger partial charge on any atom is 0.330 e. The number of rotatable bonds is 20. The molecule has 0 spiro atoms. The number of nitrogens with one attached hydrogen (secondary N) is 1. The average Bonchev–Trinajstić information content (AvgIpc) is 2.74. The predicted molar refractivity (Wildman–Crippen MR) is 142 cm³/mol. The van der Waals surface area contributed by atoms with Crippen molar-refractivity contribution in [1.29, 1.82) is 0 Å². The summed E-state index contributed by atoms with van der Waals surface area (Å²) in [6.45, 7) is 11.2. The van der Waals surface area contributed by atoms with Gasteiger partial charge in [0.05, 0.1) is 6.42 Å². The Kier molecular flexibility index (Phi) is 17.1. The second-order valence-electron chi connectivity index (χ2n) is 10.6.